The van der Waals surface area contributed by atoms with Crippen molar-refractivity contribution < 1.29 is 4.79 Å². The zero-order valence-electron chi connectivity index (χ0n) is 6.21. The van der Waals surface area contributed by atoms with Gasteiger partial charge in [-0.15, -0.1) is 0 Å². The van der Waals surface area contributed by atoms with Crippen LogP contribution in [0, 0.1) is 0 Å². The van der Waals surface area contributed by atoms with Gasteiger partial charge in [0.1, 0.15) is 5.82 Å². The van der Waals surface area contributed by atoms with Crippen LogP contribution in [-0.4, -0.2) is 12.6 Å². The summed E-state index contributed by atoms with van der Waals surface area (Å²) in [6, 6.07) is 0. The lowest BCUT2D eigenvalue weighted by atomic mass is 10.2. The minimum Gasteiger partial charge on any atom is -0.399 e. The fourth-order valence-electron chi connectivity index (χ4n) is 0.465. The van der Waals surface area contributed by atoms with Gasteiger partial charge in [-0.3, -0.25) is 4.79 Å². The molecule has 62 valence electrons. The summed E-state index contributed by atoms with van der Waals surface area (Å²) in [5.74, 6) is -0.254. The van der Waals surface area contributed by atoms with E-state index >= 15 is 0 Å². The summed E-state index contributed by atoms with van der Waals surface area (Å²) >= 11 is 0. The normalized spacial score (nSPS) is 8.73. The predicted molar refractivity (Wildman–Crippen MR) is 43.4 cm³/mol. The summed E-state index contributed by atoms with van der Waals surface area (Å²) in [5, 5.41) is 0. The van der Waals surface area contributed by atoms with E-state index in [1.165, 1.54) is 0 Å². The second-order valence-corrected chi connectivity index (χ2v) is 2.03. The highest BCUT2D eigenvalue weighted by atomic mass is 16.1. The van der Waals surface area contributed by atoms with Crippen LogP contribution in [0.15, 0.2) is 16.5 Å². The highest BCUT2D eigenvalue weighted by Crippen LogP contribution is 1.99. The van der Waals surface area contributed by atoms with Crippen molar-refractivity contribution in [2.75, 3.05) is 0 Å². The van der Waals surface area contributed by atoms with Gasteiger partial charge in [-0.2, -0.15) is 0 Å². The Morgan fingerprint density at radius 2 is 1.82 bits per heavy atom. The number of hydrogen-bond acceptors (Lipinski definition) is 4. The molecule has 1 amide bonds. The third-order valence-corrected chi connectivity index (χ3v) is 1.16. The number of allylic oxidation sites excluding steroid dienone is 1. The number of nitrogens with two attached hydrogens (primary N) is 3. The quantitative estimate of drug-likeness (QED) is 0.457. The number of amides is 1. The van der Waals surface area contributed by atoms with Gasteiger partial charge in [0, 0.05) is 12.1 Å². The summed E-state index contributed by atoms with van der Waals surface area (Å²) in [6.45, 7) is 3.06. The first-order valence-electron chi connectivity index (χ1n) is 3.07. The third kappa shape index (κ3) is 3.96. The van der Waals surface area contributed by atoms with E-state index < -0.39 is 0 Å². The Bertz CT molecular complexity index is 193. The van der Waals surface area contributed by atoms with Crippen LogP contribution in [0.2, 0.25) is 0 Å². The molecule has 0 rings (SSSR count). The third-order valence-electron chi connectivity index (χ3n) is 1.16. The molecule has 0 aromatic rings. The molecule has 0 heterocycles. The molecule has 0 saturated heterocycles. The molecule has 0 bridgehead atoms. The van der Waals surface area contributed by atoms with Crippen molar-refractivity contribution in [3.63, 3.8) is 0 Å². The molecule has 0 atom stereocenters. The maximum atomic E-state index is 10.5. The van der Waals surface area contributed by atoms with Crippen LogP contribution in [0.3, 0.4) is 0 Å². The summed E-state index contributed by atoms with van der Waals surface area (Å²) in [5.41, 5.74) is 15.9. The molecule has 0 saturated carbocycles. The lowest BCUT2D eigenvalue weighted by Crippen LogP contribution is -2.17. The summed E-state index contributed by atoms with van der Waals surface area (Å²) < 4.78 is 0. The van der Waals surface area contributed by atoms with Crippen molar-refractivity contribution >= 4 is 12.6 Å². The molecule has 0 aliphatic rings. The molecular weight excluding hydrogens is 144 g/mol. The molecule has 5 heteroatoms. The van der Waals surface area contributed by atoms with E-state index in [1.54, 1.807) is 0 Å². The van der Waals surface area contributed by atoms with Gasteiger partial charge in [-0.1, -0.05) is 0 Å². The van der Waals surface area contributed by atoms with Crippen LogP contribution >= 0.6 is 0 Å². The summed E-state index contributed by atoms with van der Waals surface area (Å²) in [7, 11) is 0. The van der Waals surface area contributed by atoms with Crippen molar-refractivity contribution in [2.45, 2.75) is 12.8 Å². The second-order valence-electron chi connectivity index (χ2n) is 2.03. The van der Waals surface area contributed by atoms with E-state index in [-0.39, 0.29) is 18.1 Å². The van der Waals surface area contributed by atoms with Gasteiger partial charge in [0.25, 0.3) is 0 Å². The SMILES string of the molecule is C=NC(=O)CCC(N)=C(N)N. The van der Waals surface area contributed by atoms with Gasteiger partial charge < -0.3 is 17.2 Å². The van der Waals surface area contributed by atoms with E-state index in [9.17, 15) is 4.79 Å². The van der Waals surface area contributed by atoms with Gasteiger partial charge in [-0.25, -0.2) is 4.99 Å². The van der Waals surface area contributed by atoms with Gasteiger partial charge >= 0.3 is 0 Å². The minimum atomic E-state index is -0.311. The topological polar surface area (TPSA) is 107 Å². The first kappa shape index (κ1) is 9.48. The second kappa shape index (κ2) is 4.32. The van der Waals surface area contributed by atoms with Gasteiger partial charge in [0.05, 0.1) is 0 Å². The van der Waals surface area contributed by atoms with Crippen LogP contribution in [0.25, 0.3) is 0 Å². The number of rotatable bonds is 3. The maximum absolute atomic E-state index is 10.5. The first-order chi connectivity index (χ1) is 5.07. The molecule has 0 aliphatic heterocycles. The molecule has 11 heavy (non-hydrogen) atoms. The Morgan fingerprint density at radius 3 is 2.18 bits per heavy atom. The Balaban J connectivity index is 3.81. The van der Waals surface area contributed by atoms with E-state index in [0.29, 0.717) is 12.1 Å². The standard InChI is InChI=1S/C6H12N4O/c1-10-5(11)3-2-4(7)6(8)9/h1-3,7-9H2. The molecule has 0 fully saturated rings. The highest BCUT2D eigenvalue weighted by molar-refractivity contribution is 5.80. The van der Waals surface area contributed by atoms with Crippen LogP contribution < -0.4 is 17.2 Å². The summed E-state index contributed by atoms with van der Waals surface area (Å²) in [4.78, 5) is 13.7. The average molecular weight is 156 g/mol. The smallest absolute Gasteiger partial charge is 0.245 e. The fourth-order valence-corrected chi connectivity index (χ4v) is 0.465. The number of aliphatic imine (C=N–C) groups is 1. The molecule has 0 aliphatic carbocycles. The van der Waals surface area contributed by atoms with Crippen LogP contribution in [0.4, 0.5) is 0 Å². The monoisotopic (exact) mass is 156 g/mol. The van der Waals surface area contributed by atoms with E-state index in [0.717, 1.165) is 0 Å². The number of nitrogens with zero attached hydrogens (tertiary/aromatic N) is 1. The van der Waals surface area contributed by atoms with Crippen molar-refractivity contribution in [3.8, 4) is 0 Å². The van der Waals surface area contributed by atoms with Crippen molar-refractivity contribution in [1.29, 1.82) is 0 Å². The van der Waals surface area contributed by atoms with E-state index in [4.69, 9.17) is 17.2 Å². The molecule has 6 N–H and O–H groups in total. The number of carbonyl (C=O) groups is 1. The van der Waals surface area contributed by atoms with Gasteiger partial charge in [0.15, 0.2) is 0 Å². The van der Waals surface area contributed by atoms with Crippen molar-refractivity contribution in [2.24, 2.45) is 22.2 Å². The van der Waals surface area contributed by atoms with Crippen molar-refractivity contribution in [1.82, 2.24) is 0 Å². The van der Waals surface area contributed by atoms with Crippen molar-refractivity contribution in [3.05, 3.63) is 11.5 Å². The number of carbonyl (C=O) groups excluding carboxylic acids is 1. The molecular formula is C6H12N4O. The lowest BCUT2D eigenvalue weighted by Gasteiger charge is -1.99. The first-order valence-corrected chi connectivity index (χ1v) is 3.07. The maximum Gasteiger partial charge on any atom is 0.245 e. The Kier molecular flexibility index (Phi) is 3.72. The fraction of sp³-hybridized carbons (Fsp3) is 0.333. The average Bonchev–Trinajstić information content (AvgIpc) is 1.99. The van der Waals surface area contributed by atoms with Crippen LogP contribution in [-0.2, 0) is 4.79 Å². The largest absolute Gasteiger partial charge is 0.399 e. The van der Waals surface area contributed by atoms with Gasteiger partial charge in [-0.05, 0) is 13.1 Å². The van der Waals surface area contributed by atoms with Crippen LogP contribution in [0.1, 0.15) is 12.8 Å². The predicted octanol–water partition coefficient (Wildman–Crippen LogP) is -0.961. The molecule has 0 aromatic heterocycles. The Labute approximate surface area is 65.0 Å². The zero-order chi connectivity index (χ0) is 8.85. The highest BCUT2D eigenvalue weighted by Gasteiger charge is 2.00. The van der Waals surface area contributed by atoms with Crippen LogP contribution in [0.5, 0.6) is 0 Å². The molecule has 0 spiro atoms. The molecule has 0 radical (unpaired) electrons. The number of hydrogen-bond donors (Lipinski definition) is 3. The summed E-state index contributed by atoms with van der Waals surface area (Å²) in [6.07, 6.45) is 0.535. The Morgan fingerprint density at radius 1 is 1.27 bits per heavy atom. The lowest BCUT2D eigenvalue weighted by molar-refractivity contribution is -0.117. The molecule has 0 aromatic carbocycles. The van der Waals surface area contributed by atoms with E-state index in [2.05, 4.69) is 11.7 Å². The minimum absolute atomic E-state index is 0.0573. The Hall–Kier alpha value is -1.52. The zero-order valence-corrected chi connectivity index (χ0v) is 6.21. The van der Waals surface area contributed by atoms with E-state index in [1.807, 2.05) is 0 Å². The van der Waals surface area contributed by atoms with Gasteiger partial charge in [0.2, 0.25) is 5.91 Å². The molecule has 5 nitrogen and oxygen atoms in total. The molecule has 0 unspecified atom stereocenters.